The van der Waals surface area contributed by atoms with Gasteiger partial charge in [0.25, 0.3) is 0 Å². The lowest BCUT2D eigenvalue weighted by Gasteiger charge is -2.36. The van der Waals surface area contributed by atoms with E-state index in [9.17, 15) is 5.11 Å². The van der Waals surface area contributed by atoms with Gasteiger partial charge in [0.05, 0.1) is 12.7 Å². The Morgan fingerprint density at radius 1 is 1.10 bits per heavy atom. The van der Waals surface area contributed by atoms with E-state index in [1.165, 1.54) is 11.1 Å². The van der Waals surface area contributed by atoms with E-state index in [2.05, 4.69) is 58.9 Å². The summed E-state index contributed by atoms with van der Waals surface area (Å²) in [6, 6.07) is 18.9. The van der Waals surface area contributed by atoms with Gasteiger partial charge in [0, 0.05) is 24.2 Å². The van der Waals surface area contributed by atoms with Crippen LogP contribution in [0.25, 0.3) is 17.0 Å². The van der Waals surface area contributed by atoms with Crippen molar-refractivity contribution in [3.8, 4) is 5.75 Å². The minimum absolute atomic E-state index is 0.478. The quantitative estimate of drug-likeness (QED) is 0.533. The minimum Gasteiger partial charge on any atom is -0.494 e. The van der Waals surface area contributed by atoms with Crippen molar-refractivity contribution in [3.05, 3.63) is 78.0 Å². The van der Waals surface area contributed by atoms with Gasteiger partial charge in [0.2, 0.25) is 0 Å². The number of aryl methyl sites for hydroxylation is 1. The topological polar surface area (TPSA) is 54.4 Å². The van der Waals surface area contributed by atoms with Gasteiger partial charge in [-0.3, -0.25) is 4.98 Å². The first-order valence-corrected chi connectivity index (χ1v) is 11.2. The second-order valence-corrected chi connectivity index (χ2v) is 8.55. The molecule has 0 spiro atoms. The van der Waals surface area contributed by atoms with Crippen LogP contribution in [0.3, 0.4) is 0 Å². The minimum atomic E-state index is -0.577. The molecule has 2 N–H and O–H groups in total. The molecule has 0 atom stereocenters. The van der Waals surface area contributed by atoms with Crippen LogP contribution in [0.2, 0.25) is 0 Å². The molecule has 4 rings (SSSR count). The van der Waals surface area contributed by atoms with E-state index < -0.39 is 5.60 Å². The molecule has 1 heterocycles. The molecule has 0 amide bonds. The monoisotopic (exact) mass is 416 g/mol. The van der Waals surface area contributed by atoms with E-state index >= 15 is 0 Å². The summed E-state index contributed by atoms with van der Waals surface area (Å²) in [6.07, 6.45) is 11.5. The second kappa shape index (κ2) is 10.1. The Bertz CT molecular complexity index is 1010. The molecule has 3 aromatic rings. The summed E-state index contributed by atoms with van der Waals surface area (Å²) in [7, 11) is 1.68. The molecule has 1 aliphatic carbocycles. The number of ether oxygens (including phenoxy) is 1. The largest absolute Gasteiger partial charge is 0.494 e. The molecule has 4 heteroatoms. The highest BCUT2D eigenvalue weighted by atomic mass is 16.5. The summed E-state index contributed by atoms with van der Waals surface area (Å²) < 4.78 is 5.45. The molecule has 0 aliphatic heterocycles. The van der Waals surface area contributed by atoms with Crippen molar-refractivity contribution in [1.29, 1.82) is 0 Å². The lowest BCUT2D eigenvalue weighted by molar-refractivity contribution is -0.0103. The zero-order chi connectivity index (χ0) is 21.5. The van der Waals surface area contributed by atoms with Crippen LogP contribution in [0.1, 0.15) is 43.2 Å². The Morgan fingerprint density at radius 2 is 1.90 bits per heavy atom. The van der Waals surface area contributed by atoms with Crippen LogP contribution in [-0.2, 0) is 6.42 Å². The fraction of sp³-hybridized carbons (Fsp3) is 0.370. The van der Waals surface area contributed by atoms with Crippen molar-refractivity contribution in [2.24, 2.45) is 0 Å². The SMILES string of the molecule is COc1cccc2c(CCC3(O)CCC(NCC=Cc4ccccc4)CC3)ccnc12. The van der Waals surface area contributed by atoms with Crippen LogP contribution >= 0.6 is 0 Å². The third-order valence-corrected chi connectivity index (χ3v) is 6.45. The van der Waals surface area contributed by atoms with Gasteiger partial charge in [-0.1, -0.05) is 54.6 Å². The fourth-order valence-electron chi connectivity index (χ4n) is 4.56. The maximum atomic E-state index is 11.2. The average molecular weight is 417 g/mol. The Morgan fingerprint density at radius 3 is 2.68 bits per heavy atom. The number of nitrogens with zero attached hydrogens (tertiary/aromatic N) is 1. The molecule has 0 radical (unpaired) electrons. The van der Waals surface area contributed by atoms with Gasteiger partial charge in [0.1, 0.15) is 11.3 Å². The van der Waals surface area contributed by atoms with Gasteiger partial charge in [-0.05, 0) is 61.8 Å². The number of hydrogen-bond donors (Lipinski definition) is 2. The van der Waals surface area contributed by atoms with Crippen LogP contribution in [0.15, 0.2) is 66.9 Å². The number of pyridine rings is 1. The van der Waals surface area contributed by atoms with E-state index in [0.717, 1.165) is 61.7 Å². The molecule has 0 unspecified atom stereocenters. The van der Waals surface area contributed by atoms with Gasteiger partial charge in [-0.25, -0.2) is 0 Å². The maximum Gasteiger partial charge on any atom is 0.145 e. The zero-order valence-corrected chi connectivity index (χ0v) is 18.3. The third-order valence-electron chi connectivity index (χ3n) is 6.45. The molecule has 4 nitrogen and oxygen atoms in total. The van der Waals surface area contributed by atoms with E-state index in [1.807, 2.05) is 24.4 Å². The van der Waals surface area contributed by atoms with Crippen LogP contribution < -0.4 is 10.1 Å². The Hall–Kier alpha value is -2.69. The van der Waals surface area contributed by atoms with Crippen molar-refractivity contribution < 1.29 is 9.84 Å². The summed E-state index contributed by atoms with van der Waals surface area (Å²) in [5.74, 6) is 0.797. The van der Waals surface area contributed by atoms with E-state index in [4.69, 9.17) is 4.74 Å². The highest BCUT2D eigenvalue weighted by Crippen LogP contribution is 2.34. The highest BCUT2D eigenvalue weighted by molar-refractivity contribution is 5.87. The van der Waals surface area contributed by atoms with Crippen molar-refractivity contribution in [1.82, 2.24) is 10.3 Å². The normalized spacial score (nSPS) is 21.5. The van der Waals surface area contributed by atoms with Crippen LogP contribution in [0, 0.1) is 0 Å². The Kier molecular flexibility index (Phi) is 7.00. The van der Waals surface area contributed by atoms with E-state index in [0.29, 0.717) is 6.04 Å². The first-order chi connectivity index (χ1) is 15.2. The molecule has 1 saturated carbocycles. The fourth-order valence-corrected chi connectivity index (χ4v) is 4.56. The van der Waals surface area contributed by atoms with Crippen LogP contribution in [0.4, 0.5) is 0 Å². The number of aromatic nitrogens is 1. The number of para-hydroxylation sites is 1. The number of benzene rings is 2. The van der Waals surface area contributed by atoms with Gasteiger partial charge in [-0.2, -0.15) is 0 Å². The Balaban J connectivity index is 1.27. The van der Waals surface area contributed by atoms with Crippen molar-refractivity contribution >= 4 is 17.0 Å². The lowest BCUT2D eigenvalue weighted by atomic mass is 9.78. The van der Waals surface area contributed by atoms with Crippen LogP contribution in [0.5, 0.6) is 5.75 Å². The molecule has 1 fully saturated rings. The van der Waals surface area contributed by atoms with Crippen molar-refractivity contribution in [2.45, 2.75) is 50.2 Å². The molecule has 0 bridgehead atoms. The molecule has 31 heavy (non-hydrogen) atoms. The first-order valence-electron chi connectivity index (χ1n) is 11.2. The molecule has 0 saturated heterocycles. The number of hydrogen-bond acceptors (Lipinski definition) is 4. The third kappa shape index (κ3) is 5.52. The summed E-state index contributed by atoms with van der Waals surface area (Å²) in [5, 5.41) is 15.9. The molecular formula is C27H32N2O2. The van der Waals surface area contributed by atoms with Crippen molar-refractivity contribution in [3.63, 3.8) is 0 Å². The van der Waals surface area contributed by atoms with Gasteiger partial charge in [-0.15, -0.1) is 0 Å². The van der Waals surface area contributed by atoms with Gasteiger partial charge >= 0.3 is 0 Å². The summed E-state index contributed by atoms with van der Waals surface area (Å²) in [4.78, 5) is 4.49. The van der Waals surface area contributed by atoms with Crippen LogP contribution in [-0.4, -0.2) is 35.4 Å². The zero-order valence-electron chi connectivity index (χ0n) is 18.3. The smallest absolute Gasteiger partial charge is 0.145 e. The maximum absolute atomic E-state index is 11.2. The predicted octanol–water partition coefficient (Wildman–Crippen LogP) is 5.15. The van der Waals surface area contributed by atoms with Gasteiger partial charge < -0.3 is 15.2 Å². The molecule has 2 aromatic carbocycles. The number of aliphatic hydroxyl groups is 1. The number of rotatable bonds is 8. The highest BCUT2D eigenvalue weighted by Gasteiger charge is 2.32. The molecule has 1 aliphatic rings. The first kappa shape index (κ1) is 21.5. The standard InChI is InChI=1S/C27H32N2O2/c1-31-25-11-5-10-24-22(15-20-29-26(24)25)12-16-27(30)17-13-23(14-18-27)28-19-6-9-21-7-3-2-4-8-21/h2-11,15,20,23,28,30H,12-14,16-19H2,1H3. The van der Waals surface area contributed by atoms with E-state index in [-0.39, 0.29) is 0 Å². The number of nitrogens with one attached hydrogen (secondary N) is 1. The Labute approximate surface area is 185 Å². The summed E-state index contributed by atoms with van der Waals surface area (Å²) in [5.41, 5.74) is 2.77. The van der Waals surface area contributed by atoms with E-state index in [1.54, 1.807) is 7.11 Å². The lowest BCUT2D eigenvalue weighted by Crippen LogP contribution is -2.41. The second-order valence-electron chi connectivity index (χ2n) is 8.55. The van der Waals surface area contributed by atoms with Crippen molar-refractivity contribution in [2.75, 3.05) is 13.7 Å². The predicted molar refractivity (Wildman–Crippen MR) is 127 cm³/mol. The molecular weight excluding hydrogens is 384 g/mol. The summed E-state index contributed by atoms with van der Waals surface area (Å²) >= 11 is 0. The van der Waals surface area contributed by atoms with Gasteiger partial charge in [0.15, 0.2) is 0 Å². The molecule has 1 aromatic heterocycles. The average Bonchev–Trinajstić information content (AvgIpc) is 2.82. The molecule has 162 valence electrons. The summed E-state index contributed by atoms with van der Waals surface area (Å²) in [6.45, 7) is 0.864. The number of fused-ring (bicyclic) bond motifs is 1. The number of methoxy groups -OCH3 is 1.